The minimum absolute atomic E-state index is 1.03. The van der Waals surface area contributed by atoms with Gasteiger partial charge in [-0.1, -0.05) is 212 Å². The van der Waals surface area contributed by atoms with E-state index >= 15 is 0 Å². The van der Waals surface area contributed by atoms with Crippen LogP contribution in [0.1, 0.15) is 0 Å². The van der Waals surface area contributed by atoms with Gasteiger partial charge in [-0.05, 0) is 84.1 Å². The van der Waals surface area contributed by atoms with E-state index in [1.165, 1.54) is 66.4 Å². The summed E-state index contributed by atoms with van der Waals surface area (Å²) in [6, 6.07) is 81.5. The SMILES string of the molecule is c1ccc(-c2cc(-c3cccc(-c4c5ccc6ccccc6c5nc5c4ccc4ccccc45)c3)c(-c3ccccc3)c(-c3ccccc3)c2-c2ccccc2)cc1. The number of pyridine rings is 1. The van der Waals surface area contributed by atoms with Crippen LogP contribution in [0, 0.1) is 0 Å². The summed E-state index contributed by atoms with van der Waals surface area (Å²) in [5.74, 6) is 0. The number of fused-ring (bicyclic) bond motifs is 6. The van der Waals surface area contributed by atoms with Crippen molar-refractivity contribution in [3.8, 4) is 66.8 Å². The molecule has 0 radical (unpaired) electrons. The van der Waals surface area contributed by atoms with Crippen molar-refractivity contribution in [3.63, 3.8) is 0 Å². The number of benzene rings is 10. The number of aromatic nitrogens is 1. The molecule has 0 saturated carbocycles. The average molecular weight is 736 g/mol. The van der Waals surface area contributed by atoms with E-state index in [-0.39, 0.29) is 0 Å². The third-order valence-electron chi connectivity index (χ3n) is 11.6. The molecular formula is C57H37N. The predicted octanol–water partition coefficient (Wildman–Crippen LogP) is 15.7. The summed E-state index contributed by atoms with van der Waals surface area (Å²) in [4.78, 5) is 5.48. The topological polar surface area (TPSA) is 12.9 Å². The fourth-order valence-corrected chi connectivity index (χ4v) is 9.02. The van der Waals surface area contributed by atoms with Gasteiger partial charge < -0.3 is 0 Å². The van der Waals surface area contributed by atoms with E-state index < -0.39 is 0 Å². The summed E-state index contributed by atoms with van der Waals surface area (Å²) in [7, 11) is 0. The predicted molar refractivity (Wildman–Crippen MR) is 247 cm³/mol. The highest BCUT2D eigenvalue weighted by molar-refractivity contribution is 6.21. The molecule has 11 rings (SSSR count). The van der Waals surface area contributed by atoms with E-state index in [0.717, 1.165) is 43.7 Å². The molecule has 0 N–H and O–H groups in total. The molecule has 0 amide bonds. The van der Waals surface area contributed by atoms with Gasteiger partial charge in [-0.2, -0.15) is 0 Å². The van der Waals surface area contributed by atoms with Crippen LogP contribution in [0.4, 0.5) is 0 Å². The third kappa shape index (κ3) is 5.67. The van der Waals surface area contributed by atoms with Gasteiger partial charge >= 0.3 is 0 Å². The first kappa shape index (κ1) is 33.7. The monoisotopic (exact) mass is 735 g/mol. The molecule has 1 heteroatoms. The van der Waals surface area contributed by atoms with E-state index in [1.54, 1.807) is 0 Å². The molecule has 11 aromatic rings. The smallest absolute Gasteiger partial charge is 0.0794 e. The summed E-state index contributed by atoms with van der Waals surface area (Å²) in [6.45, 7) is 0. The minimum Gasteiger partial charge on any atom is -0.246 e. The molecule has 0 aliphatic rings. The van der Waals surface area contributed by atoms with Crippen LogP contribution in [0.25, 0.3) is 110 Å². The Hall–Kier alpha value is -7.61. The van der Waals surface area contributed by atoms with Crippen molar-refractivity contribution >= 4 is 43.4 Å². The molecule has 0 saturated heterocycles. The first-order chi connectivity index (χ1) is 28.8. The highest BCUT2D eigenvalue weighted by atomic mass is 14.7. The third-order valence-corrected chi connectivity index (χ3v) is 11.6. The van der Waals surface area contributed by atoms with E-state index in [0.29, 0.717) is 0 Å². The summed E-state index contributed by atoms with van der Waals surface area (Å²) < 4.78 is 0. The van der Waals surface area contributed by atoms with Gasteiger partial charge in [-0.15, -0.1) is 0 Å². The molecule has 0 fully saturated rings. The molecule has 0 unspecified atom stereocenters. The molecule has 270 valence electrons. The van der Waals surface area contributed by atoms with Gasteiger partial charge in [0.05, 0.1) is 11.0 Å². The molecule has 0 atom stereocenters. The highest BCUT2D eigenvalue weighted by Gasteiger charge is 2.24. The Morgan fingerprint density at radius 3 is 1.14 bits per heavy atom. The van der Waals surface area contributed by atoms with Crippen molar-refractivity contribution in [1.82, 2.24) is 4.98 Å². The molecule has 10 aromatic carbocycles. The molecule has 0 bridgehead atoms. The molecular weight excluding hydrogens is 699 g/mol. The fraction of sp³-hybridized carbons (Fsp3) is 0. The maximum atomic E-state index is 5.48. The van der Waals surface area contributed by atoms with Crippen LogP contribution in [0.5, 0.6) is 0 Å². The van der Waals surface area contributed by atoms with Gasteiger partial charge in [-0.3, -0.25) is 0 Å². The number of rotatable bonds is 6. The minimum atomic E-state index is 1.03. The lowest BCUT2D eigenvalue weighted by Gasteiger charge is -2.24. The van der Waals surface area contributed by atoms with Crippen LogP contribution in [-0.2, 0) is 0 Å². The van der Waals surface area contributed by atoms with Crippen molar-refractivity contribution in [2.24, 2.45) is 0 Å². The Balaban J connectivity index is 1.27. The van der Waals surface area contributed by atoms with Crippen LogP contribution >= 0.6 is 0 Å². The first-order valence-electron chi connectivity index (χ1n) is 20.0. The first-order valence-corrected chi connectivity index (χ1v) is 20.0. The highest BCUT2D eigenvalue weighted by Crippen LogP contribution is 2.51. The van der Waals surface area contributed by atoms with Gasteiger partial charge in [0, 0.05) is 27.1 Å². The second-order valence-corrected chi connectivity index (χ2v) is 15.0. The zero-order valence-corrected chi connectivity index (χ0v) is 31.8. The number of nitrogens with zero attached hydrogens (tertiary/aromatic N) is 1. The van der Waals surface area contributed by atoms with Crippen LogP contribution < -0.4 is 0 Å². The van der Waals surface area contributed by atoms with Crippen molar-refractivity contribution in [1.29, 1.82) is 0 Å². The van der Waals surface area contributed by atoms with Crippen LogP contribution in [-0.4, -0.2) is 4.98 Å². The maximum Gasteiger partial charge on any atom is 0.0794 e. The zero-order chi connectivity index (χ0) is 38.4. The lowest BCUT2D eigenvalue weighted by Crippen LogP contribution is -1.98. The molecule has 0 aliphatic heterocycles. The Morgan fingerprint density at radius 2 is 0.621 bits per heavy atom. The Labute approximate surface area is 338 Å². The van der Waals surface area contributed by atoms with Gasteiger partial charge in [0.25, 0.3) is 0 Å². The summed E-state index contributed by atoms with van der Waals surface area (Å²) in [5, 5.41) is 7.00. The Morgan fingerprint density at radius 1 is 0.224 bits per heavy atom. The van der Waals surface area contributed by atoms with E-state index in [9.17, 15) is 0 Å². The largest absolute Gasteiger partial charge is 0.246 e. The lowest BCUT2D eigenvalue weighted by molar-refractivity contribution is 1.52. The summed E-state index contributed by atoms with van der Waals surface area (Å²) in [5.41, 5.74) is 16.3. The van der Waals surface area contributed by atoms with E-state index in [2.05, 4.69) is 224 Å². The van der Waals surface area contributed by atoms with Crippen molar-refractivity contribution in [2.75, 3.05) is 0 Å². The number of hydrogen-bond donors (Lipinski definition) is 0. The quantitative estimate of drug-likeness (QED) is 0.122. The zero-order valence-electron chi connectivity index (χ0n) is 31.8. The standard InChI is InChI=1S/C57H37N/c1-5-18-38(19-6-1)50-37-51(54(42-24-9-3-10-25-42)55(43-26-11-4-12-27-43)53(50)41-22-7-2-8-23-41)44-28-17-29-45(36-44)52-48-34-32-39-20-13-15-30-46(39)56(48)58-57-47-31-16-14-21-40(47)33-35-49(52)57/h1-37H. The molecule has 1 aromatic heterocycles. The van der Waals surface area contributed by atoms with Crippen LogP contribution in [0.3, 0.4) is 0 Å². The van der Waals surface area contributed by atoms with Crippen molar-refractivity contribution in [2.45, 2.75) is 0 Å². The number of hydrogen-bond acceptors (Lipinski definition) is 1. The van der Waals surface area contributed by atoms with Crippen LogP contribution in [0.15, 0.2) is 224 Å². The molecule has 58 heavy (non-hydrogen) atoms. The normalized spacial score (nSPS) is 11.4. The summed E-state index contributed by atoms with van der Waals surface area (Å²) in [6.07, 6.45) is 0. The van der Waals surface area contributed by atoms with Gasteiger partial charge in [-0.25, -0.2) is 4.98 Å². The Kier molecular flexibility index (Phi) is 8.23. The summed E-state index contributed by atoms with van der Waals surface area (Å²) >= 11 is 0. The Bertz CT molecular complexity index is 3200. The van der Waals surface area contributed by atoms with E-state index in [1.807, 2.05) is 0 Å². The second kappa shape index (κ2) is 14.2. The maximum absolute atomic E-state index is 5.48. The molecule has 0 aliphatic carbocycles. The molecule has 1 nitrogen and oxygen atoms in total. The molecule has 0 spiro atoms. The fourth-order valence-electron chi connectivity index (χ4n) is 9.02. The van der Waals surface area contributed by atoms with Gasteiger partial charge in [0.15, 0.2) is 0 Å². The average Bonchev–Trinajstić information content (AvgIpc) is 3.31. The van der Waals surface area contributed by atoms with Gasteiger partial charge in [0.1, 0.15) is 0 Å². The van der Waals surface area contributed by atoms with E-state index in [4.69, 9.17) is 4.98 Å². The molecule has 1 heterocycles. The van der Waals surface area contributed by atoms with Crippen molar-refractivity contribution in [3.05, 3.63) is 224 Å². The van der Waals surface area contributed by atoms with Gasteiger partial charge in [0.2, 0.25) is 0 Å². The van der Waals surface area contributed by atoms with Crippen LogP contribution in [0.2, 0.25) is 0 Å². The van der Waals surface area contributed by atoms with Crippen molar-refractivity contribution < 1.29 is 0 Å². The lowest BCUT2D eigenvalue weighted by atomic mass is 9.78. The second-order valence-electron chi connectivity index (χ2n) is 15.0.